The number of hydrogen-bond donors (Lipinski definition) is 1. The van der Waals surface area contributed by atoms with Crippen molar-refractivity contribution >= 4 is 11.6 Å². The summed E-state index contributed by atoms with van der Waals surface area (Å²) < 4.78 is 11.0. The van der Waals surface area contributed by atoms with Crippen LogP contribution in [0.5, 0.6) is 0 Å². The maximum atomic E-state index is 5.58. The monoisotopic (exact) mass is 319 g/mol. The lowest BCUT2D eigenvalue weighted by Gasteiger charge is -2.22. The number of anilines is 1. The third-order valence-corrected chi connectivity index (χ3v) is 3.90. The Labute approximate surface area is 139 Å². The fraction of sp³-hybridized carbons (Fsp3) is 0.611. The molecule has 5 nitrogen and oxygen atoms in total. The zero-order valence-corrected chi connectivity index (χ0v) is 14.4. The van der Waals surface area contributed by atoms with Gasteiger partial charge >= 0.3 is 0 Å². The van der Waals surface area contributed by atoms with Gasteiger partial charge in [-0.05, 0) is 24.5 Å². The number of unbranched alkanes of at least 4 members (excludes halogenated alkanes) is 1. The standard InChI is InChI=1S/C18H29N3O2/c1-3-4-12-22-14-15-23-13-10-20-18(19-2)21-11-9-16-7-5-6-8-17(16)21/h5-8H,3-4,9-15H2,1-2H3,(H,19,20). The Kier molecular flexibility index (Phi) is 7.90. The molecule has 0 aromatic heterocycles. The predicted molar refractivity (Wildman–Crippen MR) is 95.4 cm³/mol. The van der Waals surface area contributed by atoms with Crippen LogP contribution < -0.4 is 10.2 Å². The molecule has 1 aliphatic heterocycles. The minimum Gasteiger partial charge on any atom is -0.379 e. The van der Waals surface area contributed by atoms with Gasteiger partial charge in [-0.2, -0.15) is 0 Å². The molecule has 0 saturated heterocycles. The van der Waals surface area contributed by atoms with E-state index < -0.39 is 0 Å². The van der Waals surface area contributed by atoms with E-state index in [9.17, 15) is 0 Å². The number of ether oxygens (including phenoxy) is 2. The Morgan fingerprint density at radius 1 is 1.17 bits per heavy atom. The number of fused-ring (bicyclic) bond motifs is 1. The topological polar surface area (TPSA) is 46.1 Å². The second-order valence-electron chi connectivity index (χ2n) is 5.58. The van der Waals surface area contributed by atoms with Gasteiger partial charge < -0.3 is 19.7 Å². The van der Waals surface area contributed by atoms with Crippen LogP contribution in [0.4, 0.5) is 5.69 Å². The molecule has 128 valence electrons. The molecule has 0 amide bonds. The van der Waals surface area contributed by atoms with E-state index in [1.165, 1.54) is 17.7 Å². The van der Waals surface area contributed by atoms with Crippen molar-refractivity contribution in [2.24, 2.45) is 4.99 Å². The average molecular weight is 319 g/mol. The van der Waals surface area contributed by atoms with Crippen LogP contribution in [0, 0.1) is 0 Å². The molecule has 5 heteroatoms. The molecule has 0 fully saturated rings. The van der Waals surface area contributed by atoms with E-state index in [0.717, 1.165) is 38.5 Å². The highest BCUT2D eigenvalue weighted by Gasteiger charge is 2.21. The number of para-hydroxylation sites is 1. The van der Waals surface area contributed by atoms with Gasteiger partial charge in [0.05, 0.1) is 19.8 Å². The van der Waals surface area contributed by atoms with Gasteiger partial charge in [0, 0.05) is 32.4 Å². The van der Waals surface area contributed by atoms with E-state index in [1.54, 1.807) is 0 Å². The number of guanidine groups is 1. The summed E-state index contributed by atoms with van der Waals surface area (Å²) in [6.07, 6.45) is 3.36. The largest absolute Gasteiger partial charge is 0.379 e. The molecular formula is C18H29N3O2. The molecule has 1 aliphatic rings. The number of nitrogens with one attached hydrogen (secondary N) is 1. The molecule has 2 rings (SSSR count). The van der Waals surface area contributed by atoms with Crippen molar-refractivity contribution in [1.29, 1.82) is 0 Å². The zero-order chi connectivity index (χ0) is 16.3. The lowest BCUT2D eigenvalue weighted by Crippen LogP contribution is -2.41. The van der Waals surface area contributed by atoms with E-state index in [-0.39, 0.29) is 0 Å². The number of hydrogen-bond acceptors (Lipinski definition) is 3. The molecule has 0 spiro atoms. The van der Waals surface area contributed by atoms with Crippen LogP contribution in [0.2, 0.25) is 0 Å². The molecule has 1 aromatic carbocycles. The van der Waals surface area contributed by atoms with Gasteiger partial charge in [0.15, 0.2) is 5.96 Å². The third kappa shape index (κ3) is 5.52. The maximum Gasteiger partial charge on any atom is 0.198 e. The molecule has 1 aromatic rings. The maximum absolute atomic E-state index is 5.58. The minimum absolute atomic E-state index is 0.649. The van der Waals surface area contributed by atoms with E-state index in [2.05, 4.69) is 46.4 Å². The van der Waals surface area contributed by atoms with Crippen LogP contribution in [0.25, 0.3) is 0 Å². The van der Waals surface area contributed by atoms with Crippen LogP contribution in [-0.4, -0.2) is 52.5 Å². The van der Waals surface area contributed by atoms with Crippen LogP contribution in [0.15, 0.2) is 29.3 Å². The lowest BCUT2D eigenvalue weighted by molar-refractivity contribution is 0.0487. The summed E-state index contributed by atoms with van der Waals surface area (Å²) in [5, 5.41) is 3.37. The van der Waals surface area contributed by atoms with Gasteiger partial charge in [0.2, 0.25) is 0 Å². The SMILES string of the molecule is CCCCOCCOCCNC(=NC)N1CCc2ccccc21. The highest BCUT2D eigenvalue weighted by Crippen LogP contribution is 2.27. The van der Waals surface area contributed by atoms with Gasteiger partial charge in [0.1, 0.15) is 0 Å². The van der Waals surface area contributed by atoms with E-state index >= 15 is 0 Å². The molecule has 0 atom stereocenters. The smallest absolute Gasteiger partial charge is 0.198 e. The predicted octanol–water partition coefficient (Wildman–Crippen LogP) is 2.46. The highest BCUT2D eigenvalue weighted by atomic mass is 16.5. The Morgan fingerprint density at radius 3 is 2.74 bits per heavy atom. The average Bonchev–Trinajstić information content (AvgIpc) is 3.01. The van der Waals surface area contributed by atoms with Gasteiger partial charge in [-0.25, -0.2) is 0 Å². The number of aliphatic imine (C=N–C) groups is 1. The molecular weight excluding hydrogens is 290 g/mol. The summed E-state index contributed by atoms with van der Waals surface area (Å²) in [5.74, 6) is 0.915. The van der Waals surface area contributed by atoms with Gasteiger partial charge in [-0.1, -0.05) is 31.5 Å². The van der Waals surface area contributed by atoms with Crippen molar-refractivity contribution in [3.05, 3.63) is 29.8 Å². The van der Waals surface area contributed by atoms with Crippen molar-refractivity contribution in [3.63, 3.8) is 0 Å². The number of nitrogens with zero attached hydrogens (tertiary/aromatic N) is 2. The summed E-state index contributed by atoms with van der Waals surface area (Å²) in [5.41, 5.74) is 2.64. The van der Waals surface area contributed by atoms with Gasteiger partial charge in [-0.15, -0.1) is 0 Å². The quantitative estimate of drug-likeness (QED) is 0.431. The molecule has 0 unspecified atom stereocenters. The molecule has 0 saturated carbocycles. The Balaban J connectivity index is 1.63. The molecule has 0 radical (unpaired) electrons. The Morgan fingerprint density at radius 2 is 1.96 bits per heavy atom. The first-order valence-corrected chi connectivity index (χ1v) is 8.58. The van der Waals surface area contributed by atoms with Crippen molar-refractivity contribution in [2.75, 3.05) is 51.5 Å². The van der Waals surface area contributed by atoms with Crippen molar-refractivity contribution < 1.29 is 9.47 Å². The van der Waals surface area contributed by atoms with Crippen molar-refractivity contribution in [1.82, 2.24) is 5.32 Å². The molecule has 0 aliphatic carbocycles. The van der Waals surface area contributed by atoms with E-state index in [4.69, 9.17) is 9.47 Å². The van der Waals surface area contributed by atoms with Crippen LogP contribution in [0.1, 0.15) is 25.3 Å². The molecule has 23 heavy (non-hydrogen) atoms. The first kappa shape index (κ1) is 17.8. The molecule has 1 heterocycles. The zero-order valence-electron chi connectivity index (χ0n) is 14.4. The number of rotatable bonds is 9. The van der Waals surface area contributed by atoms with Crippen LogP contribution in [-0.2, 0) is 15.9 Å². The normalized spacial score (nSPS) is 14.2. The first-order chi connectivity index (χ1) is 11.4. The van der Waals surface area contributed by atoms with Crippen molar-refractivity contribution in [3.8, 4) is 0 Å². The second kappa shape index (κ2) is 10.2. The fourth-order valence-electron chi connectivity index (χ4n) is 2.66. The summed E-state index contributed by atoms with van der Waals surface area (Å²) in [6.45, 7) is 6.71. The van der Waals surface area contributed by atoms with Crippen molar-refractivity contribution in [2.45, 2.75) is 26.2 Å². The van der Waals surface area contributed by atoms with Gasteiger partial charge in [-0.3, -0.25) is 4.99 Å². The third-order valence-electron chi connectivity index (χ3n) is 3.90. The van der Waals surface area contributed by atoms with E-state index in [1.807, 2.05) is 7.05 Å². The van der Waals surface area contributed by atoms with Crippen LogP contribution in [0.3, 0.4) is 0 Å². The number of benzene rings is 1. The first-order valence-electron chi connectivity index (χ1n) is 8.58. The van der Waals surface area contributed by atoms with E-state index in [0.29, 0.717) is 19.8 Å². The summed E-state index contributed by atoms with van der Waals surface area (Å²) >= 11 is 0. The van der Waals surface area contributed by atoms with Crippen LogP contribution >= 0.6 is 0 Å². The van der Waals surface area contributed by atoms with Gasteiger partial charge in [0.25, 0.3) is 0 Å². The molecule has 1 N–H and O–H groups in total. The summed E-state index contributed by atoms with van der Waals surface area (Å²) in [6, 6.07) is 8.50. The second-order valence-corrected chi connectivity index (χ2v) is 5.58. The summed E-state index contributed by atoms with van der Waals surface area (Å²) in [4.78, 5) is 6.63. The minimum atomic E-state index is 0.649. The Bertz CT molecular complexity index is 491. The lowest BCUT2D eigenvalue weighted by atomic mass is 10.2. The fourth-order valence-corrected chi connectivity index (χ4v) is 2.66. The Hall–Kier alpha value is -1.59. The molecule has 0 bridgehead atoms. The summed E-state index contributed by atoms with van der Waals surface area (Å²) in [7, 11) is 1.83. The highest BCUT2D eigenvalue weighted by molar-refractivity contribution is 5.97.